The molecule has 0 aliphatic rings. The highest BCUT2D eigenvalue weighted by molar-refractivity contribution is 5.18. The number of hydrogen-bond acceptors (Lipinski definition) is 3. The lowest BCUT2D eigenvalue weighted by Crippen LogP contribution is -1.90. The van der Waals surface area contributed by atoms with E-state index in [0.717, 1.165) is 6.20 Å². The van der Waals surface area contributed by atoms with E-state index >= 15 is 0 Å². The van der Waals surface area contributed by atoms with E-state index in [4.69, 9.17) is 16.1 Å². The quantitative estimate of drug-likeness (QED) is 0.428. The van der Waals surface area contributed by atoms with Crippen LogP contribution in [0.25, 0.3) is 0 Å². The Morgan fingerprint density at radius 3 is 2.57 bits per heavy atom. The highest BCUT2D eigenvalue weighted by Crippen LogP contribution is 1.81. The number of aliphatic hydroxyl groups is 1. The van der Waals surface area contributed by atoms with Crippen LogP contribution in [0.3, 0.4) is 0 Å². The second-order valence-electron chi connectivity index (χ2n) is 0.962. The third kappa shape index (κ3) is 1.79. The third-order valence-electron chi connectivity index (χ3n) is 0.515. The van der Waals surface area contributed by atoms with Crippen molar-refractivity contribution in [3.63, 3.8) is 0 Å². The van der Waals surface area contributed by atoms with Gasteiger partial charge in [0.2, 0.25) is 0 Å². The number of nitrogens with two attached hydrogens (primary N) is 1. The Kier molecular flexibility index (Phi) is 2.73. The Morgan fingerprint density at radius 1 is 2.00 bits per heavy atom. The molecule has 3 nitrogen and oxygen atoms in total. The van der Waals surface area contributed by atoms with E-state index in [9.17, 15) is 0 Å². The summed E-state index contributed by atoms with van der Waals surface area (Å²) in [5.41, 5.74) is 5.04. The van der Waals surface area contributed by atoms with Gasteiger partial charge in [-0.3, -0.25) is 0 Å². The molecule has 7 heavy (non-hydrogen) atoms. The Morgan fingerprint density at radius 2 is 2.57 bits per heavy atom. The zero-order valence-electron chi connectivity index (χ0n) is 3.76. The van der Waals surface area contributed by atoms with Crippen molar-refractivity contribution in [1.82, 2.24) is 0 Å². The minimum atomic E-state index is -0.271. The van der Waals surface area contributed by atoms with Crippen molar-refractivity contribution in [2.24, 2.45) is 5.73 Å². The molecule has 0 aliphatic heterocycles. The molecule has 0 saturated carbocycles. The molecule has 0 bridgehead atoms. The summed E-state index contributed by atoms with van der Waals surface area (Å²) in [5, 5.41) is 16.1. The standard InChI is InChI=1S/C4H6N2O/c5-1-4(2-6)3-7/h1,7H,3,5H2/b4-1+. The topological polar surface area (TPSA) is 70.0 Å². The van der Waals surface area contributed by atoms with Crippen LogP contribution >= 0.6 is 0 Å². The van der Waals surface area contributed by atoms with Crippen molar-refractivity contribution in [2.75, 3.05) is 6.61 Å². The van der Waals surface area contributed by atoms with Gasteiger partial charge in [-0.15, -0.1) is 0 Å². The van der Waals surface area contributed by atoms with Gasteiger partial charge in [-0.1, -0.05) is 0 Å². The number of nitrogens with zero attached hydrogens (tertiary/aromatic N) is 1. The molecule has 3 heteroatoms. The minimum absolute atomic E-state index is 0.194. The molecule has 0 atom stereocenters. The predicted octanol–water partition coefficient (Wildman–Crippen LogP) is -0.655. The molecule has 0 spiro atoms. The summed E-state index contributed by atoms with van der Waals surface area (Å²) in [5.74, 6) is 0. The Labute approximate surface area is 41.7 Å². The van der Waals surface area contributed by atoms with Crippen LogP contribution in [0.5, 0.6) is 0 Å². The normalized spacial score (nSPS) is 10.6. The molecule has 0 aliphatic carbocycles. The fraction of sp³-hybridized carbons (Fsp3) is 0.250. The molecule has 3 N–H and O–H groups in total. The average molecular weight is 98.1 g/mol. The molecule has 0 amide bonds. The molecule has 0 fully saturated rings. The van der Waals surface area contributed by atoms with Gasteiger partial charge in [0.1, 0.15) is 0 Å². The number of hydrogen-bond donors (Lipinski definition) is 2. The van der Waals surface area contributed by atoms with E-state index in [0.29, 0.717) is 0 Å². The van der Waals surface area contributed by atoms with Crippen molar-refractivity contribution >= 4 is 0 Å². The second-order valence-corrected chi connectivity index (χ2v) is 0.962. The lowest BCUT2D eigenvalue weighted by atomic mass is 10.3. The van der Waals surface area contributed by atoms with Gasteiger partial charge in [0, 0.05) is 6.20 Å². The Hall–Kier alpha value is -1.01. The van der Waals surface area contributed by atoms with E-state index in [1.54, 1.807) is 6.07 Å². The summed E-state index contributed by atoms with van der Waals surface area (Å²) in [7, 11) is 0. The van der Waals surface area contributed by atoms with Crippen molar-refractivity contribution in [3.05, 3.63) is 11.8 Å². The maximum atomic E-state index is 8.16. The third-order valence-corrected chi connectivity index (χ3v) is 0.515. The first-order chi connectivity index (χ1) is 3.35. The predicted molar refractivity (Wildman–Crippen MR) is 25.0 cm³/mol. The second kappa shape index (κ2) is 3.19. The summed E-state index contributed by atoms with van der Waals surface area (Å²) in [6.07, 6.45) is 1.08. The van der Waals surface area contributed by atoms with Gasteiger partial charge >= 0.3 is 0 Å². The van der Waals surface area contributed by atoms with Gasteiger partial charge in [-0.2, -0.15) is 5.26 Å². The van der Waals surface area contributed by atoms with Crippen LogP contribution in [-0.4, -0.2) is 11.7 Å². The van der Waals surface area contributed by atoms with E-state index in [1.807, 2.05) is 0 Å². The zero-order chi connectivity index (χ0) is 5.70. The van der Waals surface area contributed by atoms with E-state index < -0.39 is 0 Å². The summed E-state index contributed by atoms with van der Waals surface area (Å²) < 4.78 is 0. The molecule has 0 aromatic heterocycles. The van der Waals surface area contributed by atoms with Gasteiger partial charge in [-0.05, 0) is 0 Å². The maximum absolute atomic E-state index is 8.16. The molecule has 0 aromatic rings. The number of nitriles is 1. The molecule has 0 heterocycles. The molecule has 0 aromatic carbocycles. The van der Waals surface area contributed by atoms with Crippen LogP contribution in [0.1, 0.15) is 0 Å². The molecule has 38 valence electrons. The summed E-state index contributed by atoms with van der Waals surface area (Å²) in [6.45, 7) is -0.271. The van der Waals surface area contributed by atoms with Gasteiger partial charge in [0.25, 0.3) is 0 Å². The summed E-state index contributed by atoms with van der Waals surface area (Å²) in [6, 6.07) is 1.69. The first-order valence-electron chi connectivity index (χ1n) is 1.77. The first kappa shape index (κ1) is 5.99. The largest absolute Gasteiger partial charge is 0.404 e. The fourth-order valence-electron chi connectivity index (χ4n) is 0.125. The van der Waals surface area contributed by atoms with Gasteiger partial charge < -0.3 is 10.8 Å². The van der Waals surface area contributed by atoms with Crippen molar-refractivity contribution in [3.8, 4) is 6.07 Å². The van der Waals surface area contributed by atoms with Crippen molar-refractivity contribution in [2.45, 2.75) is 0 Å². The number of aliphatic hydroxyl groups excluding tert-OH is 1. The fourth-order valence-corrected chi connectivity index (χ4v) is 0.125. The molecule has 0 unspecified atom stereocenters. The van der Waals surface area contributed by atoms with E-state index in [-0.39, 0.29) is 12.2 Å². The van der Waals surface area contributed by atoms with E-state index in [1.165, 1.54) is 0 Å². The zero-order valence-corrected chi connectivity index (χ0v) is 3.76. The number of rotatable bonds is 1. The minimum Gasteiger partial charge on any atom is -0.404 e. The molecule has 0 saturated heterocycles. The first-order valence-corrected chi connectivity index (χ1v) is 1.77. The average Bonchev–Trinajstić information content (AvgIpc) is 1.72. The van der Waals surface area contributed by atoms with Crippen LogP contribution in [0.2, 0.25) is 0 Å². The van der Waals surface area contributed by atoms with Crippen molar-refractivity contribution < 1.29 is 5.11 Å². The molecule has 0 radical (unpaired) electrons. The summed E-state index contributed by atoms with van der Waals surface area (Å²) >= 11 is 0. The highest BCUT2D eigenvalue weighted by Gasteiger charge is 1.84. The lowest BCUT2D eigenvalue weighted by Gasteiger charge is -1.81. The maximum Gasteiger partial charge on any atom is 0.0986 e. The van der Waals surface area contributed by atoms with Crippen LogP contribution in [0.4, 0.5) is 0 Å². The molecule has 0 rings (SSSR count). The van der Waals surface area contributed by atoms with Crippen molar-refractivity contribution in [1.29, 1.82) is 5.26 Å². The Bertz CT molecular complexity index is 111. The van der Waals surface area contributed by atoms with E-state index in [2.05, 4.69) is 0 Å². The van der Waals surface area contributed by atoms with Crippen LogP contribution in [0.15, 0.2) is 11.8 Å². The van der Waals surface area contributed by atoms with Gasteiger partial charge in [0.05, 0.1) is 18.2 Å². The molecular weight excluding hydrogens is 92.1 g/mol. The highest BCUT2D eigenvalue weighted by atomic mass is 16.3. The van der Waals surface area contributed by atoms with Crippen LogP contribution in [-0.2, 0) is 0 Å². The van der Waals surface area contributed by atoms with Crippen LogP contribution < -0.4 is 5.73 Å². The van der Waals surface area contributed by atoms with Gasteiger partial charge in [-0.25, -0.2) is 0 Å². The van der Waals surface area contributed by atoms with Crippen LogP contribution in [0, 0.1) is 11.3 Å². The lowest BCUT2D eigenvalue weighted by molar-refractivity contribution is 0.335. The summed E-state index contributed by atoms with van der Waals surface area (Å²) in [4.78, 5) is 0. The van der Waals surface area contributed by atoms with Gasteiger partial charge in [0.15, 0.2) is 0 Å². The smallest absolute Gasteiger partial charge is 0.0986 e. The SMILES string of the molecule is N#C/C(=C\N)CO. The molecular formula is C4H6N2O. The monoisotopic (exact) mass is 98.0 g/mol. The Balaban J connectivity index is 3.68.